The lowest BCUT2D eigenvalue weighted by Gasteiger charge is -2.20. The van der Waals surface area contributed by atoms with Crippen LogP contribution in [-0.4, -0.2) is 16.1 Å². The molecule has 28 heavy (non-hydrogen) atoms. The van der Waals surface area contributed by atoms with Gasteiger partial charge in [0, 0.05) is 29.1 Å². The van der Waals surface area contributed by atoms with Gasteiger partial charge in [-0.1, -0.05) is 30.3 Å². The Labute approximate surface area is 166 Å². The summed E-state index contributed by atoms with van der Waals surface area (Å²) < 4.78 is 13.8. The first-order valence-electron chi connectivity index (χ1n) is 9.91. The smallest absolute Gasteiger partial charge is 0.306 e. The van der Waals surface area contributed by atoms with Crippen molar-refractivity contribution in [2.24, 2.45) is 0 Å². The number of benzene rings is 2. The monoisotopic (exact) mass is 377 g/mol. The molecule has 4 rings (SSSR count). The van der Waals surface area contributed by atoms with E-state index < -0.39 is 5.60 Å². The molecule has 146 valence electrons. The van der Waals surface area contributed by atoms with Crippen molar-refractivity contribution in [3.8, 4) is 5.75 Å². The van der Waals surface area contributed by atoms with Gasteiger partial charge in [0.25, 0.3) is 0 Å². The maximum atomic E-state index is 12.3. The molecular formula is C24H27NO3. The van der Waals surface area contributed by atoms with E-state index in [0.29, 0.717) is 13.0 Å². The van der Waals surface area contributed by atoms with Crippen LogP contribution in [0.5, 0.6) is 5.75 Å². The van der Waals surface area contributed by atoms with Gasteiger partial charge in [0.2, 0.25) is 0 Å². The molecule has 0 amide bonds. The van der Waals surface area contributed by atoms with E-state index in [1.807, 2.05) is 45.0 Å². The van der Waals surface area contributed by atoms with Crippen LogP contribution in [0, 0.1) is 0 Å². The van der Waals surface area contributed by atoms with E-state index in [4.69, 9.17) is 9.47 Å². The Hall–Kier alpha value is -2.75. The minimum absolute atomic E-state index is 0.122. The van der Waals surface area contributed by atoms with Crippen LogP contribution in [0.25, 0.3) is 10.9 Å². The number of aromatic nitrogens is 1. The SMILES string of the molecule is CC(C)(C)OC(=O)CC1CCn2c1cc1cc(OCc3ccccc3)ccc12. The van der Waals surface area contributed by atoms with Crippen LogP contribution in [0.2, 0.25) is 0 Å². The Morgan fingerprint density at radius 2 is 1.89 bits per heavy atom. The van der Waals surface area contributed by atoms with Gasteiger partial charge in [-0.15, -0.1) is 0 Å². The molecule has 1 unspecified atom stereocenters. The van der Waals surface area contributed by atoms with Gasteiger partial charge in [0.05, 0.1) is 6.42 Å². The van der Waals surface area contributed by atoms with Crippen molar-refractivity contribution in [3.05, 3.63) is 65.9 Å². The molecule has 0 N–H and O–H groups in total. The van der Waals surface area contributed by atoms with Gasteiger partial charge in [-0.2, -0.15) is 0 Å². The van der Waals surface area contributed by atoms with Crippen molar-refractivity contribution in [2.75, 3.05) is 0 Å². The zero-order valence-electron chi connectivity index (χ0n) is 16.8. The third kappa shape index (κ3) is 4.06. The minimum atomic E-state index is -0.437. The van der Waals surface area contributed by atoms with Gasteiger partial charge < -0.3 is 14.0 Å². The number of esters is 1. The molecule has 0 radical (unpaired) electrons. The second-order valence-electron chi connectivity index (χ2n) is 8.49. The van der Waals surface area contributed by atoms with Crippen molar-refractivity contribution in [2.45, 2.75) is 58.3 Å². The number of nitrogens with zero attached hydrogens (tertiary/aromatic N) is 1. The highest BCUT2D eigenvalue weighted by atomic mass is 16.6. The minimum Gasteiger partial charge on any atom is -0.489 e. The first kappa shape index (κ1) is 18.6. The van der Waals surface area contributed by atoms with Gasteiger partial charge in [0.15, 0.2) is 0 Å². The number of hydrogen-bond acceptors (Lipinski definition) is 3. The fraction of sp³-hybridized carbons (Fsp3) is 0.375. The number of ether oxygens (including phenoxy) is 2. The van der Waals surface area contributed by atoms with Crippen LogP contribution in [0.4, 0.5) is 0 Å². The summed E-state index contributed by atoms with van der Waals surface area (Å²) in [5.41, 5.74) is 3.14. The summed E-state index contributed by atoms with van der Waals surface area (Å²) in [7, 11) is 0. The summed E-state index contributed by atoms with van der Waals surface area (Å²) in [5.74, 6) is 0.961. The van der Waals surface area contributed by atoms with Gasteiger partial charge in [-0.25, -0.2) is 0 Å². The molecule has 0 aliphatic carbocycles. The van der Waals surface area contributed by atoms with Crippen LogP contribution < -0.4 is 4.74 Å². The van der Waals surface area contributed by atoms with Gasteiger partial charge in [-0.05, 0) is 57.0 Å². The number of carbonyl (C=O) groups excluding carboxylic acids is 1. The van der Waals surface area contributed by atoms with Crippen molar-refractivity contribution < 1.29 is 14.3 Å². The lowest BCUT2D eigenvalue weighted by molar-refractivity contribution is -0.155. The lowest BCUT2D eigenvalue weighted by atomic mass is 10.00. The van der Waals surface area contributed by atoms with Crippen LogP contribution in [0.3, 0.4) is 0 Å². The summed E-state index contributed by atoms with van der Waals surface area (Å²) in [6.45, 7) is 7.23. The fourth-order valence-electron chi connectivity index (χ4n) is 3.91. The Morgan fingerprint density at radius 1 is 1.11 bits per heavy atom. The molecule has 3 aromatic rings. The highest BCUT2D eigenvalue weighted by Crippen LogP contribution is 2.37. The van der Waals surface area contributed by atoms with Crippen LogP contribution in [0.15, 0.2) is 54.6 Å². The van der Waals surface area contributed by atoms with Gasteiger partial charge in [-0.3, -0.25) is 4.79 Å². The van der Waals surface area contributed by atoms with Crippen LogP contribution >= 0.6 is 0 Å². The van der Waals surface area contributed by atoms with E-state index in [-0.39, 0.29) is 11.9 Å². The fourth-order valence-corrected chi connectivity index (χ4v) is 3.91. The van der Waals surface area contributed by atoms with Gasteiger partial charge >= 0.3 is 5.97 Å². The van der Waals surface area contributed by atoms with Crippen LogP contribution in [-0.2, 0) is 22.7 Å². The molecule has 0 bridgehead atoms. The standard InChI is InChI=1S/C24H27NO3/c1-24(2,3)28-23(26)15-18-11-12-25-21-10-9-20(13-19(21)14-22(18)25)27-16-17-7-5-4-6-8-17/h4-10,13-14,18H,11-12,15-16H2,1-3H3. The normalized spacial score (nSPS) is 16.2. The first-order chi connectivity index (χ1) is 13.4. The number of fused-ring (bicyclic) bond motifs is 3. The Morgan fingerprint density at radius 3 is 2.64 bits per heavy atom. The number of rotatable bonds is 5. The second kappa shape index (κ2) is 7.34. The molecular weight excluding hydrogens is 350 g/mol. The molecule has 0 spiro atoms. The molecule has 0 fully saturated rings. The highest BCUT2D eigenvalue weighted by Gasteiger charge is 2.28. The zero-order chi connectivity index (χ0) is 19.7. The third-order valence-corrected chi connectivity index (χ3v) is 5.11. The maximum Gasteiger partial charge on any atom is 0.306 e. The Kier molecular flexibility index (Phi) is 4.88. The van der Waals surface area contributed by atoms with Crippen LogP contribution in [0.1, 0.15) is 50.8 Å². The van der Waals surface area contributed by atoms with E-state index >= 15 is 0 Å². The third-order valence-electron chi connectivity index (χ3n) is 5.11. The summed E-state index contributed by atoms with van der Waals surface area (Å²) in [6.07, 6.45) is 1.42. The molecule has 1 atom stereocenters. The predicted molar refractivity (Wildman–Crippen MR) is 111 cm³/mol. The topological polar surface area (TPSA) is 40.5 Å². The van der Waals surface area contributed by atoms with Crippen molar-refractivity contribution >= 4 is 16.9 Å². The van der Waals surface area contributed by atoms with Crippen molar-refractivity contribution in [3.63, 3.8) is 0 Å². The lowest BCUT2D eigenvalue weighted by Crippen LogP contribution is -2.24. The van der Waals surface area contributed by atoms with E-state index in [9.17, 15) is 4.79 Å². The van der Waals surface area contributed by atoms with Gasteiger partial charge in [0.1, 0.15) is 18.0 Å². The largest absolute Gasteiger partial charge is 0.489 e. The first-order valence-corrected chi connectivity index (χ1v) is 9.91. The second-order valence-corrected chi connectivity index (χ2v) is 8.49. The average Bonchev–Trinajstić information content (AvgIpc) is 3.18. The van der Waals surface area contributed by atoms with E-state index in [2.05, 4.69) is 34.9 Å². The molecule has 1 aliphatic rings. The summed E-state index contributed by atoms with van der Waals surface area (Å²) >= 11 is 0. The Bertz CT molecular complexity index is 982. The molecule has 4 heteroatoms. The van der Waals surface area contributed by atoms with E-state index in [1.165, 1.54) is 11.2 Å². The summed E-state index contributed by atoms with van der Waals surface area (Å²) in [4.78, 5) is 12.3. The van der Waals surface area contributed by atoms with Crippen molar-refractivity contribution in [1.82, 2.24) is 4.57 Å². The zero-order valence-corrected chi connectivity index (χ0v) is 16.8. The molecule has 0 saturated heterocycles. The molecule has 1 aliphatic heterocycles. The molecule has 2 heterocycles. The number of carbonyl (C=O) groups is 1. The summed E-state index contributed by atoms with van der Waals surface area (Å²) in [6, 6.07) is 18.6. The van der Waals surface area contributed by atoms with E-state index in [0.717, 1.165) is 29.7 Å². The Balaban J connectivity index is 1.49. The predicted octanol–water partition coefficient (Wildman–Crippen LogP) is 5.44. The van der Waals surface area contributed by atoms with E-state index in [1.54, 1.807) is 0 Å². The quantitative estimate of drug-likeness (QED) is 0.556. The highest BCUT2D eigenvalue weighted by molar-refractivity contribution is 5.84. The molecule has 1 aromatic heterocycles. The molecule has 2 aromatic carbocycles. The average molecular weight is 377 g/mol. The molecule has 4 nitrogen and oxygen atoms in total. The summed E-state index contributed by atoms with van der Waals surface area (Å²) in [5, 5.41) is 1.16. The molecule has 0 saturated carbocycles. The number of hydrogen-bond donors (Lipinski definition) is 0. The van der Waals surface area contributed by atoms with Crippen molar-refractivity contribution in [1.29, 1.82) is 0 Å². The maximum absolute atomic E-state index is 12.3. The number of aryl methyl sites for hydroxylation is 1.